The molecule has 0 aliphatic carbocycles. The molecule has 1 fully saturated rings. The average Bonchev–Trinajstić information content (AvgIpc) is 2.95. The van der Waals surface area contributed by atoms with Crippen LogP contribution in [0.25, 0.3) is 0 Å². The van der Waals surface area contributed by atoms with E-state index in [1.807, 2.05) is 43.3 Å². The molecule has 2 rings (SSSR count). The van der Waals surface area contributed by atoms with Gasteiger partial charge in [0, 0.05) is 31.0 Å². The van der Waals surface area contributed by atoms with Crippen LogP contribution in [0.3, 0.4) is 0 Å². The fourth-order valence-corrected chi connectivity index (χ4v) is 3.68. The number of carbonyl (C=O) groups excluding carboxylic acids is 2. The average molecular weight is 408 g/mol. The summed E-state index contributed by atoms with van der Waals surface area (Å²) < 4.78 is 0. The zero-order valence-electron chi connectivity index (χ0n) is 17.3. The maximum absolute atomic E-state index is 12.5. The Morgan fingerprint density at radius 3 is 2.32 bits per heavy atom. The van der Waals surface area contributed by atoms with Gasteiger partial charge in [-0.15, -0.1) is 0 Å². The Hall–Kier alpha value is -1.59. The topological polar surface area (TPSA) is 52.7 Å². The Morgan fingerprint density at radius 2 is 1.71 bits per heavy atom. The second-order valence-electron chi connectivity index (χ2n) is 7.91. The van der Waals surface area contributed by atoms with E-state index < -0.39 is 0 Å². The molecular formula is C22H34ClN3O2. The first-order chi connectivity index (χ1) is 13.5. The Kier molecular flexibility index (Phi) is 9.79. The predicted molar refractivity (Wildman–Crippen MR) is 114 cm³/mol. The van der Waals surface area contributed by atoms with Crippen molar-refractivity contribution in [3.05, 3.63) is 34.9 Å². The van der Waals surface area contributed by atoms with Crippen molar-refractivity contribution in [1.82, 2.24) is 15.1 Å². The molecule has 1 heterocycles. The number of hydrogen-bond acceptors (Lipinski definition) is 3. The molecule has 0 radical (unpaired) electrons. The number of halogens is 1. The van der Waals surface area contributed by atoms with E-state index in [0.717, 1.165) is 44.5 Å². The summed E-state index contributed by atoms with van der Waals surface area (Å²) in [4.78, 5) is 28.9. The third-order valence-electron chi connectivity index (χ3n) is 5.23. The van der Waals surface area contributed by atoms with E-state index >= 15 is 0 Å². The van der Waals surface area contributed by atoms with Gasteiger partial charge in [-0.2, -0.15) is 0 Å². The van der Waals surface area contributed by atoms with Crippen molar-refractivity contribution in [3.8, 4) is 0 Å². The van der Waals surface area contributed by atoms with Crippen LogP contribution in [0.2, 0.25) is 5.02 Å². The van der Waals surface area contributed by atoms with Gasteiger partial charge < -0.3 is 15.1 Å². The van der Waals surface area contributed by atoms with Crippen LogP contribution in [-0.4, -0.2) is 55.3 Å². The van der Waals surface area contributed by atoms with Gasteiger partial charge >= 0.3 is 0 Å². The lowest BCUT2D eigenvalue weighted by Crippen LogP contribution is -2.33. The molecule has 2 amide bonds. The first-order valence-electron chi connectivity index (χ1n) is 10.4. The van der Waals surface area contributed by atoms with Gasteiger partial charge in [0.15, 0.2) is 0 Å². The zero-order chi connectivity index (χ0) is 20.4. The number of rotatable bonds is 9. The number of nitrogens with zero attached hydrogens (tertiary/aromatic N) is 2. The molecule has 156 valence electrons. The molecule has 0 saturated carbocycles. The monoisotopic (exact) mass is 407 g/mol. The van der Waals surface area contributed by atoms with Crippen LogP contribution in [0.5, 0.6) is 0 Å². The molecule has 1 atom stereocenters. The molecule has 0 bridgehead atoms. The summed E-state index contributed by atoms with van der Waals surface area (Å²) in [6.07, 6.45) is 6.88. The van der Waals surface area contributed by atoms with Crippen LogP contribution in [0, 0.1) is 0 Å². The Morgan fingerprint density at radius 1 is 1.07 bits per heavy atom. The summed E-state index contributed by atoms with van der Waals surface area (Å²) in [7, 11) is 4.05. The highest BCUT2D eigenvalue weighted by Crippen LogP contribution is 2.20. The minimum Gasteiger partial charge on any atom is -0.349 e. The number of nitrogens with one attached hydrogen (secondary N) is 1. The highest BCUT2D eigenvalue weighted by molar-refractivity contribution is 6.30. The Balaban J connectivity index is 1.81. The molecule has 6 heteroatoms. The third-order valence-corrected chi connectivity index (χ3v) is 5.48. The van der Waals surface area contributed by atoms with Gasteiger partial charge in [0.2, 0.25) is 11.8 Å². The van der Waals surface area contributed by atoms with Gasteiger partial charge in [-0.1, -0.05) is 36.6 Å². The Bertz CT molecular complexity index is 611. The van der Waals surface area contributed by atoms with Crippen molar-refractivity contribution in [2.75, 3.05) is 33.7 Å². The SMILES string of the molecule is CN(C)CCC(NC(=O)CCCC(=O)N1CCCCCC1)c1ccc(Cl)cc1. The van der Waals surface area contributed by atoms with Crippen molar-refractivity contribution in [2.24, 2.45) is 0 Å². The van der Waals surface area contributed by atoms with Gasteiger partial charge in [-0.3, -0.25) is 9.59 Å². The minimum atomic E-state index is -0.0477. The maximum Gasteiger partial charge on any atom is 0.222 e. The highest BCUT2D eigenvalue weighted by atomic mass is 35.5. The smallest absolute Gasteiger partial charge is 0.222 e. The summed E-state index contributed by atoms with van der Waals surface area (Å²) in [5.74, 6) is 0.193. The van der Waals surface area contributed by atoms with Crippen LogP contribution in [0.15, 0.2) is 24.3 Å². The quantitative estimate of drug-likeness (QED) is 0.672. The molecule has 28 heavy (non-hydrogen) atoms. The van der Waals surface area contributed by atoms with Gasteiger partial charge in [0.1, 0.15) is 0 Å². The van der Waals surface area contributed by atoms with Crippen LogP contribution in [0.4, 0.5) is 0 Å². The van der Waals surface area contributed by atoms with E-state index in [4.69, 9.17) is 11.6 Å². The Labute approximate surface area is 174 Å². The molecule has 1 aliphatic heterocycles. The van der Waals surface area contributed by atoms with Crippen LogP contribution in [0.1, 0.15) is 63.0 Å². The van der Waals surface area contributed by atoms with Gasteiger partial charge in [-0.05, 0) is 64.0 Å². The summed E-state index contributed by atoms with van der Waals surface area (Å²) in [5.41, 5.74) is 1.06. The summed E-state index contributed by atoms with van der Waals surface area (Å²) in [5, 5.41) is 3.83. The van der Waals surface area contributed by atoms with Crippen molar-refractivity contribution in [1.29, 1.82) is 0 Å². The molecule has 1 saturated heterocycles. The molecule has 0 aromatic heterocycles. The van der Waals surface area contributed by atoms with E-state index in [-0.39, 0.29) is 17.9 Å². The molecular weight excluding hydrogens is 374 g/mol. The normalized spacial score (nSPS) is 15.9. The fourth-order valence-electron chi connectivity index (χ4n) is 3.55. The second kappa shape index (κ2) is 12.1. The minimum absolute atomic E-state index is 0.00220. The van der Waals surface area contributed by atoms with Crippen molar-refractivity contribution >= 4 is 23.4 Å². The predicted octanol–water partition coefficient (Wildman–Crippen LogP) is 4.02. The van der Waals surface area contributed by atoms with E-state index in [9.17, 15) is 9.59 Å². The van der Waals surface area contributed by atoms with E-state index in [2.05, 4.69) is 10.2 Å². The van der Waals surface area contributed by atoms with E-state index in [1.54, 1.807) is 0 Å². The number of amides is 2. The lowest BCUT2D eigenvalue weighted by atomic mass is 10.0. The first-order valence-corrected chi connectivity index (χ1v) is 10.8. The van der Waals surface area contributed by atoms with Crippen molar-refractivity contribution in [3.63, 3.8) is 0 Å². The van der Waals surface area contributed by atoms with Crippen LogP contribution >= 0.6 is 11.6 Å². The van der Waals surface area contributed by atoms with Gasteiger partial charge in [0.05, 0.1) is 6.04 Å². The zero-order valence-corrected chi connectivity index (χ0v) is 18.0. The highest BCUT2D eigenvalue weighted by Gasteiger charge is 2.17. The molecule has 1 unspecified atom stereocenters. The lowest BCUT2D eigenvalue weighted by molar-refractivity contribution is -0.131. The standard InChI is InChI=1S/C22H34ClN3O2/c1-25(2)17-14-20(18-10-12-19(23)13-11-18)24-21(27)8-7-9-22(28)26-15-5-3-4-6-16-26/h10-13,20H,3-9,14-17H2,1-2H3,(H,24,27). The van der Waals surface area contributed by atoms with E-state index in [1.165, 1.54) is 12.8 Å². The molecule has 1 aromatic rings. The van der Waals surface area contributed by atoms with E-state index in [0.29, 0.717) is 24.3 Å². The first kappa shape index (κ1) is 22.7. The van der Waals surface area contributed by atoms with Crippen LogP contribution < -0.4 is 5.32 Å². The van der Waals surface area contributed by atoms with Gasteiger partial charge in [0.25, 0.3) is 0 Å². The number of benzene rings is 1. The molecule has 1 aliphatic rings. The van der Waals surface area contributed by atoms with Crippen molar-refractivity contribution < 1.29 is 9.59 Å². The molecule has 5 nitrogen and oxygen atoms in total. The molecule has 1 aromatic carbocycles. The van der Waals surface area contributed by atoms with Crippen LogP contribution in [-0.2, 0) is 9.59 Å². The molecule has 0 spiro atoms. The maximum atomic E-state index is 12.5. The van der Waals surface area contributed by atoms with Crippen molar-refractivity contribution in [2.45, 2.75) is 57.4 Å². The second-order valence-corrected chi connectivity index (χ2v) is 8.35. The summed E-state index contributed by atoms with van der Waals surface area (Å²) in [6.45, 7) is 2.61. The fraction of sp³-hybridized carbons (Fsp3) is 0.636. The lowest BCUT2D eigenvalue weighted by Gasteiger charge is -2.22. The largest absolute Gasteiger partial charge is 0.349 e. The number of carbonyl (C=O) groups is 2. The number of hydrogen-bond donors (Lipinski definition) is 1. The summed E-state index contributed by atoms with van der Waals surface area (Å²) in [6, 6.07) is 7.59. The summed E-state index contributed by atoms with van der Waals surface area (Å²) >= 11 is 5.99. The molecule has 1 N–H and O–H groups in total. The number of likely N-dealkylation sites (tertiary alicyclic amines) is 1. The third kappa shape index (κ3) is 8.19. The van der Waals surface area contributed by atoms with Gasteiger partial charge in [-0.25, -0.2) is 0 Å².